The molecule has 0 unspecified atom stereocenters. The van der Waals surface area contributed by atoms with Gasteiger partial charge in [0.2, 0.25) is 0 Å². The van der Waals surface area contributed by atoms with Gasteiger partial charge in [-0.3, -0.25) is 0 Å². The lowest BCUT2D eigenvalue weighted by atomic mass is 10.3. The Kier molecular flexibility index (Phi) is 3.41. The average molecular weight is 262 g/mol. The molecule has 1 atom stereocenters. The number of hydrogen-bond acceptors (Lipinski definition) is 5. The Morgan fingerprint density at radius 3 is 2.94 bits per heavy atom. The van der Waals surface area contributed by atoms with Crippen LogP contribution in [0.5, 0.6) is 0 Å². The van der Waals surface area contributed by atoms with Gasteiger partial charge in [-0.05, 0) is 19.4 Å². The lowest BCUT2D eigenvalue weighted by Gasteiger charge is -2.09. The van der Waals surface area contributed by atoms with Crippen LogP contribution >= 0.6 is 11.6 Å². The summed E-state index contributed by atoms with van der Waals surface area (Å²) in [6, 6.07) is 1.31. The number of nitrogens with zero attached hydrogens (tertiary/aromatic N) is 2. The fourth-order valence-corrected chi connectivity index (χ4v) is 3.43. The number of aromatic nitrogens is 2. The number of rotatable bonds is 3. The lowest BCUT2D eigenvalue weighted by Crippen LogP contribution is -2.30. The molecule has 2 heterocycles. The first kappa shape index (κ1) is 11.8. The summed E-state index contributed by atoms with van der Waals surface area (Å²) >= 11 is 5.64. The SMILES string of the molecule is O=S(=O)(C[C@@H]1CCCN1)c1cc(Cl)ncn1. The largest absolute Gasteiger partial charge is 0.313 e. The van der Waals surface area contributed by atoms with Gasteiger partial charge in [-0.15, -0.1) is 0 Å². The van der Waals surface area contributed by atoms with Gasteiger partial charge in [0.15, 0.2) is 14.9 Å². The Balaban J connectivity index is 2.18. The summed E-state index contributed by atoms with van der Waals surface area (Å²) < 4.78 is 23.9. The van der Waals surface area contributed by atoms with Crippen molar-refractivity contribution in [1.82, 2.24) is 15.3 Å². The molecule has 0 aromatic carbocycles. The molecule has 88 valence electrons. The van der Waals surface area contributed by atoms with Crippen molar-refractivity contribution in [3.05, 3.63) is 17.5 Å². The minimum atomic E-state index is -3.36. The highest BCUT2D eigenvalue weighted by molar-refractivity contribution is 7.91. The van der Waals surface area contributed by atoms with E-state index < -0.39 is 9.84 Å². The fraction of sp³-hybridized carbons (Fsp3) is 0.556. The van der Waals surface area contributed by atoms with Crippen LogP contribution in [-0.4, -0.2) is 36.7 Å². The molecule has 2 rings (SSSR count). The van der Waals surface area contributed by atoms with Gasteiger partial charge in [0, 0.05) is 12.1 Å². The monoisotopic (exact) mass is 261 g/mol. The Hall–Kier alpha value is -0.720. The van der Waals surface area contributed by atoms with Crippen molar-refractivity contribution in [3.8, 4) is 0 Å². The van der Waals surface area contributed by atoms with Gasteiger partial charge >= 0.3 is 0 Å². The molecule has 0 saturated carbocycles. The maximum Gasteiger partial charge on any atom is 0.197 e. The third kappa shape index (κ3) is 2.69. The predicted molar refractivity (Wildman–Crippen MR) is 60.1 cm³/mol. The quantitative estimate of drug-likeness (QED) is 0.809. The van der Waals surface area contributed by atoms with Crippen LogP contribution in [0.2, 0.25) is 5.15 Å². The predicted octanol–water partition coefficient (Wildman–Crippen LogP) is 0.656. The summed E-state index contributed by atoms with van der Waals surface area (Å²) in [5.41, 5.74) is 0. The van der Waals surface area contributed by atoms with E-state index in [1.165, 1.54) is 6.07 Å². The summed E-state index contributed by atoms with van der Waals surface area (Å²) in [5, 5.41) is 3.29. The number of sulfone groups is 1. The highest BCUT2D eigenvalue weighted by atomic mass is 35.5. The Morgan fingerprint density at radius 2 is 2.31 bits per heavy atom. The van der Waals surface area contributed by atoms with E-state index in [1.54, 1.807) is 0 Å². The molecule has 0 aliphatic carbocycles. The molecule has 1 aromatic heterocycles. The molecular weight excluding hydrogens is 250 g/mol. The highest BCUT2D eigenvalue weighted by Gasteiger charge is 2.24. The molecule has 1 N–H and O–H groups in total. The topological polar surface area (TPSA) is 72.0 Å². The molecule has 0 bridgehead atoms. The Labute approximate surface area is 99.2 Å². The van der Waals surface area contributed by atoms with Crippen LogP contribution in [0.15, 0.2) is 17.4 Å². The van der Waals surface area contributed by atoms with E-state index in [0.29, 0.717) is 0 Å². The van der Waals surface area contributed by atoms with Gasteiger partial charge in [-0.1, -0.05) is 11.6 Å². The molecular formula is C9H12ClN3O2S. The summed E-state index contributed by atoms with van der Waals surface area (Å²) in [4.78, 5) is 7.40. The smallest absolute Gasteiger partial charge is 0.197 e. The second kappa shape index (κ2) is 4.65. The zero-order chi connectivity index (χ0) is 11.6. The van der Waals surface area contributed by atoms with Gasteiger partial charge in [0.1, 0.15) is 11.5 Å². The van der Waals surface area contributed by atoms with Crippen LogP contribution in [-0.2, 0) is 9.84 Å². The highest BCUT2D eigenvalue weighted by Crippen LogP contribution is 2.15. The summed E-state index contributed by atoms with van der Waals surface area (Å²) in [5.74, 6) is 0.0698. The summed E-state index contributed by atoms with van der Waals surface area (Å²) in [6.45, 7) is 0.880. The van der Waals surface area contributed by atoms with Crippen LogP contribution < -0.4 is 5.32 Å². The molecule has 0 spiro atoms. The minimum Gasteiger partial charge on any atom is -0.313 e. The van der Waals surface area contributed by atoms with Gasteiger partial charge in [0.05, 0.1) is 5.75 Å². The van der Waals surface area contributed by atoms with E-state index in [0.717, 1.165) is 25.7 Å². The third-order valence-electron chi connectivity index (χ3n) is 2.51. The van der Waals surface area contributed by atoms with Crippen LogP contribution in [0.3, 0.4) is 0 Å². The molecule has 1 fully saturated rings. The summed E-state index contributed by atoms with van der Waals surface area (Å²) in [7, 11) is -3.36. The zero-order valence-corrected chi connectivity index (χ0v) is 10.1. The maximum absolute atomic E-state index is 12.0. The van der Waals surface area contributed by atoms with Gasteiger partial charge in [0.25, 0.3) is 0 Å². The number of hydrogen-bond donors (Lipinski definition) is 1. The van der Waals surface area contributed by atoms with Crippen LogP contribution in [0, 0.1) is 0 Å². The van der Waals surface area contributed by atoms with Crippen molar-refractivity contribution < 1.29 is 8.42 Å². The van der Waals surface area contributed by atoms with Gasteiger partial charge < -0.3 is 5.32 Å². The summed E-state index contributed by atoms with van der Waals surface area (Å²) in [6.07, 6.45) is 3.07. The molecule has 0 radical (unpaired) electrons. The molecule has 5 nitrogen and oxygen atoms in total. The lowest BCUT2D eigenvalue weighted by molar-refractivity contribution is 0.573. The van der Waals surface area contributed by atoms with Crippen molar-refractivity contribution >= 4 is 21.4 Å². The van der Waals surface area contributed by atoms with Gasteiger partial charge in [-0.25, -0.2) is 18.4 Å². The molecule has 16 heavy (non-hydrogen) atoms. The first-order valence-electron chi connectivity index (χ1n) is 5.01. The van der Waals surface area contributed by atoms with Crippen LogP contribution in [0.1, 0.15) is 12.8 Å². The second-order valence-electron chi connectivity index (χ2n) is 3.75. The van der Waals surface area contributed by atoms with E-state index in [1.807, 2.05) is 0 Å². The Bertz CT molecular complexity index is 471. The zero-order valence-electron chi connectivity index (χ0n) is 8.56. The van der Waals surface area contributed by atoms with Crippen LogP contribution in [0.4, 0.5) is 0 Å². The first-order chi connectivity index (χ1) is 7.58. The van der Waals surface area contributed by atoms with Crippen molar-refractivity contribution in [2.24, 2.45) is 0 Å². The fourth-order valence-electron chi connectivity index (χ4n) is 1.74. The molecule has 1 saturated heterocycles. The first-order valence-corrected chi connectivity index (χ1v) is 7.05. The van der Waals surface area contributed by atoms with E-state index in [9.17, 15) is 8.42 Å². The number of nitrogens with one attached hydrogen (secondary N) is 1. The minimum absolute atomic E-state index is 0.00111. The van der Waals surface area contributed by atoms with Crippen molar-refractivity contribution in [3.63, 3.8) is 0 Å². The molecule has 1 aliphatic heterocycles. The average Bonchev–Trinajstić information content (AvgIpc) is 2.70. The molecule has 7 heteroatoms. The van der Waals surface area contributed by atoms with E-state index >= 15 is 0 Å². The molecule has 1 aromatic rings. The van der Waals surface area contributed by atoms with E-state index in [-0.39, 0.29) is 22.0 Å². The van der Waals surface area contributed by atoms with E-state index in [4.69, 9.17) is 11.6 Å². The Morgan fingerprint density at radius 1 is 1.50 bits per heavy atom. The van der Waals surface area contributed by atoms with Crippen LogP contribution in [0.25, 0.3) is 0 Å². The van der Waals surface area contributed by atoms with Gasteiger partial charge in [-0.2, -0.15) is 0 Å². The second-order valence-corrected chi connectivity index (χ2v) is 6.12. The normalized spacial score (nSPS) is 21.2. The molecule has 0 amide bonds. The van der Waals surface area contributed by atoms with Crippen molar-refractivity contribution in [1.29, 1.82) is 0 Å². The molecule has 1 aliphatic rings. The maximum atomic E-state index is 12.0. The van der Waals surface area contributed by atoms with Crippen molar-refractivity contribution in [2.45, 2.75) is 23.9 Å². The standard InChI is InChI=1S/C9H12ClN3O2S/c10-8-4-9(13-6-12-8)16(14,15)5-7-2-1-3-11-7/h4,6-7,11H,1-3,5H2/t7-/m0/s1. The van der Waals surface area contributed by atoms with E-state index in [2.05, 4.69) is 15.3 Å². The third-order valence-corrected chi connectivity index (χ3v) is 4.42. The number of halogens is 1. The van der Waals surface area contributed by atoms with Crippen molar-refractivity contribution in [2.75, 3.05) is 12.3 Å².